The molecule has 10 heavy (non-hydrogen) atoms. The zero-order chi connectivity index (χ0) is 8.15. The van der Waals surface area contributed by atoms with E-state index in [4.69, 9.17) is 5.73 Å². The van der Waals surface area contributed by atoms with E-state index in [0.29, 0.717) is 12.0 Å². The maximum absolute atomic E-state index is 5.87. The molecule has 0 bridgehead atoms. The van der Waals surface area contributed by atoms with Crippen LogP contribution >= 0.6 is 0 Å². The molecule has 0 aliphatic heterocycles. The van der Waals surface area contributed by atoms with Crippen LogP contribution in [0.5, 0.6) is 0 Å². The van der Waals surface area contributed by atoms with Gasteiger partial charge in [-0.2, -0.15) is 0 Å². The van der Waals surface area contributed by atoms with E-state index in [1.165, 1.54) is 12.0 Å². The Bertz CT molecular complexity index is 107. The molecule has 0 amide bonds. The minimum Gasteiger partial charge on any atom is -0.327 e. The zero-order valence-corrected chi connectivity index (χ0v) is 7.35. The minimum atomic E-state index is 0.308. The van der Waals surface area contributed by atoms with Crippen LogP contribution in [-0.4, -0.2) is 6.04 Å². The number of hydrogen-bond donors (Lipinski definition) is 1. The molecule has 2 atom stereocenters. The van der Waals surface area contributed by atoms with Crippen LogP contribution in [0.4, 0.5) is 0 Å². The molecule has 0 fully saturated rings. The SMILES string of the molecule is C=C(C)C(C)C(N)CCC. The lowest BCUT2D eigenvalue weighted by Gasteiger charge is -2.18. The Morgan fingerprint density at radius 2 is 2.10 bits per heavy atom. The van der Waals surface area contributed by atoms with E-state index in [1.807, 2.05) is 6.92 Å². The van der Waals surface area contributed by atoms with Crippen molar-refractivity contribution in [2.45, 2.75) is 39.7 Å². The Balaban J connectivity index is 3.69. The summed E-state index contributed by atoms with van der Waals surface area (Å²) in [5.41, 5.74) is 7.06. The van der Waals surface area contributed by atoms with Gasteiger partial charge in [0.1, 0.15) is 0 Å². The van der Waals surface area contributed by atoms with Gasteiger partial charge in [-0.05, 0) is 19.3 Å². The second-order valence-corrected chi connectivity index (χ2v) is 3.09. The largest absolute Gasteiger partial charge is 0.327 e. The van der Waals surface area contributed by atoms with Crippen molar-refractivity contribution in [3.63, 3.8) is 0 Å². The van der Waals surface area contributed by atoms with Crippen LogP contribution in [-0.2, 0) is 0 Å². The summed E-state index contributed by atoms with van der Waals surface area (Å²) in [5, 5.41) is 0. The van der Waals surface area contributed by atoms with Gasteiger partial charge in [0, 0.05) is 6.04 Å². The van der Waals surface area contributed by atoms with E-state index in [-0.39, 0.29) is 0 Å². The molecule has 0 aromatic rings. The molecule has 0 aliphatic carbocycles. The molecule has 2 N–H and O–H groups in total. The lowest BCUT2D eigenvalue weighted by atomic mass is 9.93. The highest BCUT2D eigenvalue weighted by Gasteiger charge is 2.10. The van der Waals surface area contributed by atoms with Crippen molar-refractivity contribution >= 4 is 0 Å². The van der Waals surface area contributed by atoms with Crippen LogP contribution in [0.25, 0.3) is 0 Å². The molecule has 1 heteroatoms. The Morgan fingerprint density at radius 3 is 2.40 bits per heavy atom. The lowest BCUT2D eigenvalue weighted by Crippen LogP contribution is -2.28. The fourth-order valence-electron chi connectivity index (χ4n) is 0.949. The van der Waals surface area contributed by atoms with Crippen molar-refractivity contribution in [2.75, 3.05) is 0 Å². The first-order chi connectivity index (χ1) is 4.59. The van der Waals surface area contributed by atoms with Gasteiger partial charge in [-0.1, -0.05) is 32.4 Å². The molecule has 60 valence electrons. The summed E-state index contributed by atoms with van der Waals surface area (Å²) < 4.78 is 0. The average molecular weight is 141 g/mol. The smallest absolute Gasteiger partial charge is 0.0102 e. The van der Waals surface area contributed by atoms with Gasteiger partial charge in [0.05, 0.1) is 0 Å². The predicted molar refractivity (Wildman–Crippen MR) is 46.9 cm³/mol. The molecule has 1 nitrogen and oxygen atoms in total. The summed E-state index contributed by atoms with van der Waals surface area (Å²) in [5.74, 6) is 0.472. The summed E-state index contributed by atoms with van der Waals surface area (Å²) in [6.45, 7) is 10.2. The number of nitrogens with two attached hydrogens (primary N) is 1. The summed E-state index contributed by atoms with van der Waals surface area (Å²) in [4.78, 5) is 0. The lowest BCUT2D eigenvalue weighted by molar-refractivity contribution is 0.480. The van der Waals surface area contributed by atoms with Gasteiger partial charge in [0.15, 0.2) is 0 Å². The van der Waals surface area contributed by atoms with Gasteiger partial charge in [0.25, 0.3) is 0 Å². The summed E-state index contributed by atoms with van der Waals surface area (Å²) in [6, 6.07) is 0.308. The molecule has 0 aromatic heterocycles. The summed E-state index contributed by atoms with van der Waals surface area (Å²) in [7, 11) is 0. The standard InChI is InChI=1S/C9H19N/c1-5-6-9(10)8(4)7(2)3/h8-9H,2,5-6,10H2,1,3-4H3. The maximum Gasteiger partial charge on any atom is 0.0102 e. The third kappa shape index (κ3) is 3.02. The molecule has 0 aliphatic rings. The van der Waals surface area contributed by atoms with E-state index < -0.39 is 0 Å². The zero-order valence-electron chi connectivity index (χ0n) is 7.35. The van der Waals surface area contributed by atoms with Crippen molar-refractivity contribution in [1.82, 2.24) is 0 Å². The fourth-order valence-corrected chi connectivity index (χ4v) is 0.949. The summed E-state index contributed by atoms with van der Waals surface area (Å²) >= 11 is 0. The molecule has 0 saturated heterocycles. The van der Waals surface area contributed by atoms with Crippen molar-refractivity contribution in [3.8, 4) is 0 Å². The van der Waals surface area contributed by atoms with E-state index in [9.17, 15) is 0 Å². The van der Waals surface area contributed by atoms with Gasteiger partial charge >= 0.3 is 0 Å². The van der Waals surface area contributed by atoms with Gasteiger partial charge in [-0.25, -0.2) is 0 Å². The third-order valence-electron chi connectivity index (χ3n) is 2.04. The molecule has 0 saturated carbocycles. The van der Waals surface area contributed by atoms with E-state index in [0.717, 1.165) is 6.42 Å². The van der Waals surface area contributed by atoms with Crippen molar-refractivity contribution in [3.05, 3.63) is 12.2 Å². The quantitative estimate of drug-likeness (QED) is 0.597. The number of hydrogen-bond acceptors (Lipinski definition) is 1. The Hall–Kier alpha value is -0.300. The topological polar surface area (TPSA) is 26.0 Å². The highest BCUT2D eigenvalue weighted by molar-refractivity contribution is 4.98. The van der Waals surface area contributed by atoms with Gasteiger partial charge < -0.3 is 5.73 Å². The van der Waals surface area contributed by atoms with Gasteiger partial charge in [0.2, 0.25) is 0 Å². The van der Waals surface area contributed by atoms with Crippen molar-refractivity contribution in [2.24, 2.45) is 11.7 Å². The van der Waals surface area contributed by atoms with Crippen molar-refractivity contribution in [1.29, 1.82) is 0 Å². The van der Waals surface area contributed by atoms with Crippen molar-refractivity contribution < 1.29 is 0 Å². The molecule has 2 unspecified atom stereocenters. The van der Waals surface area contributed by atoms with Gasteiger partial charge in [-0.3, -0.25) is 0 Å². The number of rotatable bonds is 4. The Labute approximate surface area is 64.3 Å². The molecule has 0 aromatic carbocycles. The predicted octanol–water partition coefficient (Wildman–Crippen LogP) is 2.33. The molecular weight excluding hydrogens is 122 g/mol. The molecule has 0 radical (unpaired) electrons. The van der Waals surface area contributed by atoms with E-state index >= 15 is 0 Å². The van der Waals surface area contributed by atoms with Crippen LogP contribution in [0.3, 0.4) is 0 Å². The van der Waals surface area contributed by atoms with Gasteiger partial charge in [-0.15, -0.1) is 0 Å². The average Bonchev–Trinajstić information content (AvgIpc) is 1.87. The molecular formula is C9H19N. The first-order valence-electron chi connectivity index (χ1n) is 4.00. The molecule has 0 spiro atoms. The third-order valence-corrected chi connectivity index (χ3v) is 2.04. The van der Waals surface area contributed by atoms with Crippen LogP contribution in [0, 0.1) is 5.92 Å². The van der Waals surface area contributed by atoms with Crippen LogP contribution in [0.15, 0.2) is 12.2 Å². The van der Waals surface area contributed by atoms with E-state index in [2.05, 4.69) is 20.4 Å². The highest BCUT2D eigenvalue weighted by atomic mass is 14.6. The first kappa shape index (κ1) is 9.70. The second-order valence-electron chi connectivity index (χ2n) is 3.09. The Morgan fingerprint density at radius 1 is 1.60 bits per heavy atom. The van der Waals surface area contributed by atoms with Crippen LogP contribution in [0.1, 0.15) is 33.6 Å². The van der Waals surface area contributed by atoms with Crippen LogP contribution in [0.2, 0.25) is 0 Å². The maximum atomic E-state index is 5.87. The monoisotopic (exact) mass is 141 g/mol. The minimum absolute atomic E-state index is 0.308. The normalized spacial score (nSPS) is 16.4. The Kier molecular flexibility index (Phi) is 4.37. The van der Waals surface area contributed by atoms with E-state index in [1.54, 1.807) is 0 Å². The first-order valence-corrected chi connectivity index (χ1v) is 4.00. The highest BCUT2D eigenvalue weighted by Crippen LogP contribution is 2.13. The summed E-state index contributed by atoms with van der Waals surface area (Å²) in [6.07, 6.45) is 2.27. The second kappa shape index (κ2) is 4.51. The fraction of sp³-hybridized carbons (Fsp3) is 0.778. The molecule has 0 heterocycles. The van der Waals surface area contributed by atoms with Crippen LogP contribution < -0.4 is 5.73 Å². The molecule has 0 rings (SSSR count).